The zero-order valence-corrected chi connectivity index (χ0v) is 22.8. The lowest BCUT2D eigenvalue weighted by molar-refractivity contribution is -0.140. The summed E-state index contributed by atoms with van der Waals surface area (Å²) in [5, 5.41) is 7.40. The molecule has 41 heavy (non-hydrogen) atoms. The molecule has 2 aliphatic heterocycles. The van der Waals surface area contributed by atoms with Crippen LogP contribution in [0.15, 0.2) is 0 Å². The van der Waals surface area contributed by atoms with Crippen molar-refractivity contribution < 1.29 is 38.4 Å². The largest absolute Gasteiger partial charge is 0.370 e. The van der Waals surface area contributed by atoms with Gasteiger partial charge >= 0.3 is 0 Å². The maximum Gasteiger partial charge on any atom is 0.243 e. The van der Waals surface area contributed by atoms with Crippen LogP contribution in [0.1, 0.15) is 51.4 Å². The minimum atomic E-state index is -1.22. The van der Waals surface area contributed by atoms with Crippen molar-refractivity contribution in [2.45, 2.75) is 75.5 Å². The third-order valence-corrected chi connectivity index (χ3v) is 6.99. The van der Waals surface area contributed by atoms with Crippen LogP contribution in [0.5, 0.6) is 0 Å². The molecular formula is C24H39N9O8. The fourth-order valence-corrected chi connectivity index (χ4v) is 4.84. The van der Waals surface area contributed by atoms with Gasteiger partial charge in [0.15, 0.2) is 0 Å². The first kappa shape index (κ1) is 32.9. The minimum absolute atomic E-state index is 0.0927. The van der Waals surface area contributed by atoms with E-state index in [4.69, 9.17) is 22.9 Å². The number of primary amides is 3. The van der Waals surface area contributed by atoms with E-state index >= 15 is 0 Å². The van der Waals surface area contributed by atoms with E-state index in [-0.39, 0.29) is 38.8 Å². The summed E-state index contributed by atoms with van der Waals surface area (Å²) in [5.74, 6) is -5.25. The fraction of sp³-hybridized carbons (Fsp3) is 0.667. The average Bonchev–Trinajstić information content (AvgIpc) is 3.61. The summed E-state index contributed by atoms with van der Waals surface area (Å²) >= 11 is 0. The second-order valence-electron chi connectivity index (χ2n) is 9.95. The molecule has 0 aliphatic carbocycles. The van der Waals surface area contributed by atoms with Gasteiger partial charge in [-0.15, -0.1) is 0 Å². The molecule has 11 N–H and O–H groups in total. The molecule has 2 fully saturated rings. The monoisotopic (exact) mass is 581 g/mol. The number of nitrogens with two attached hydrogens (primary N) is 4. The maximum atomic E-state index is 12.9. The normalized spacial score (nSPS) is 19.6. The average molecular weight is 582 g/mol. The molecule has 0 bridgehead atoms. The summed E-state index contributed by atoms with van der Waals surface area (Å²) < 4.78 is 0. The molecule has 0 aromatic carbocycles. The Morgan fingerprint density at radius 2 is 1.17 bits per heavy atom. The van der Waals surface area contributed by atoms with Crippen LogP contribution < -0.4 is 38.9 Å². The summed E-state index contributed by atoms with van der Waals surface area (Å²) in [6, 6.07) is -4.14. The molecule has 8 amide bonds. The third kappa shape index (κ3) is 9.70. The van der Waals surface area contributed by atoms with Crippen LogP contribution in [0.4, 0.5) is 0 Å². The highest BCUT2D eigenvalue weighted by Gasteiger charge is 2.37. The Hall–Kier alpha value is -4.28. The fourth-order valence-electron chi connectivity index (χ4n) is 4.84. The maximum absolute atomic E-state index is 12.9. The number of carbonyl (C=O) groups is 8. The molecule has 228 valence electrons. The molecule has 0 radical (unpaired) electrons. The number of amides is 8. The molecule has 0 unspecified atom stereocenters. The van der Waals surface area contributed by atoms with E-state index in [1.807, 2.05) is 0 Å². The molecule has 2 saturated heterocycles. The first-order chi connectivity index (χ1) is 19.3. The molecule has 17 heteroatoms. The van der Waals surface area contributed by atoms with Gasteiger partial charge in [0.1, 0.15) is 24.2 Å². The van der Waals surface area contributed by atoms with Gasteiger partial charge in [-0.3, -0.25) is 38.4 Å². The van der Waals surface area contributed by atoms with Gasteiger partial charge in [-0.1, -0.05) is 0 Å². The first-order valence-electron chi connectivity index (χ1n) is 13.4. The van der Waals surface area contributed by atoms with E-state index in [2.05, 4.69) is 16.0 Å². The Balaban J connectivity index is 2.01. The van der Waals surface area contributed by atoms with Gasteiger partial charge < -0.3 is 48.7 Å². The predicted octanol–water partition coefficient (Wildman–Crippen LogP) is -4.97. The van der Waals surface area contributed by atoms with Crippen LogP contribution in [0.25, 0.3) is 0 Å². The number of hydrogen-bond acceptors (Lipinski definition) is 9. The molecule has 2 heterocycles. The van der Waals surface area contributed by atoms with Crippen LogP contribution in [-0.4, -0.2) is 107 Å². The van der Waals surface area contributed by atoms with Gasteiger partial charge in [-0.05, 0) is 38.5 Å². The van der Waals surface area contributed by atoms with Crippen molar-refractivity contribution in [3.8, 4) is 0 Å². The standard InChI is InChI=1S/C24H39N9O8/c25-11-19(36)32-9-1-3-15(32)24(41)31-14(6-8-18(27)35)22(39)29-12-20(37)33-10-2-4-16(33)23(40)30-13(21(28)38)5-7-17(26)34/h13-16H,1-12,25H2,(H2,26,34)(H2,27,35)(H2,28,38)(H,29,39)(H,30,40)(H,31,41)/t13-,14-,15-,16-/m0/s1. The summed E-state index contributed by atoms with van der Waals surface area (Å²) in [6.45, 7) is -0.238. The lowest BCUT2D eigenvalue weighted by Gasteiger charge is -2.27. The Morgan fingerprint density at radius 3 is 1.63 bits per heavy atom. The summed E-state index contributed by atoms with van der Waals surface area (Å²) in [7, 11) is 0. The van der Waals surface area contributed by atoms with Crippen molar-refractivity contribution in [3.05, 3.63) is 0 Å². The number of likely N-dealkylation sites (tertiary alicyclic amines) is 2. The molecule has 0 saturated carbocycles. The zero-order chi connectivity index (χ0) is 30.7. The van der Waals surface area contributed by atoms with Crippen LogP contribution in [0, 0.1) is 0 Å². The number of rotatable bonds is 15. The lowest BCUT2D eigenvalue weighted by atomic mass is 10.1. The van der Waals surface area contributed by atoms with E-state index in [0.29, 0.717) is 32.2 Å². The predicted molar refractivity (Wildman–Crippen MR) is 141 cm³/mol. The third-order valence-electron chi connectivity index (χ3n) is 6.99. The van der Waals surface area contributed by atoms with Gasteiger partial charge in [0.05, 0.1) is 13.1 Å². The Labute approximate surface area is 236 Å². The summed E-state index contributed by atoms with van der Waals surface area (Å²) in [4.78, 5) is 100. The van der Waals surface area contributed by atoms with Crippen molar-refractivity contribution in [2.24, 2.45) is 22.9 Å². The molecule has 4 atom stereocenters. The Bertz CT molecular complexity index is 1050. The van der Waals surface area contributed by atoms with E-state index in [0.717, 1.165) is 0 Å². The number of hydrogen-bond donors (Lipinski definition) is 7. The molecule has 0 aromatic rings. The van der Waals surface area contributed by atoms with Crippen molar-refractivity contribution in [1.82, 2.24) is 25.8 Å². The van der Waals surface area contributed by atoms with Crippen molar-refractivity contribution >= 4 is 47.3 Å². The highest BCUT2D eigenvalue weighted by molar-refractivity contribution is 5.96. The Morgan fingerprint density at radius 1 is 0.707 bits per heavy atom. The molecule has 2 rings (SSSR count). The Kier molecular flexibility index (Phi) is 12.4. The molecule has 17 nitrogen and oxygen atoms in total. The van der Waals surface area contributed by atoms with E-state index < -0.39 is 78.0 Å². The highest BCUT2D eigenvalue weighted by atomic mass is 16.2. The summed E-state index contributed by atoms with van der Waals surface area (Å²) in [6.07, 6.45) is 1.08. The number of nitrogens with one attached hydrogen (secondary N) is 3. The van der Waals surface area contributed by atoms with Crippen molar-refractivity contribution in [2.75, 3.05) is 26.2 Å². The van der Waals surface area contributed by atoms with Crippen molar-refractivity contribution in [1.29, 1.82) is 0 Å². The van der Waals surface area contributed by atoms with Gasteiger partial charge in [0, 0.05) is 25.9 Å². The van der Waals surface area contributed by atoms with Gasteiger partial charge in [0.2, 0.25) is 47.3 Å². The number of carbonyl (C=O) groups excluding carboxylic acids is 8. The van der Waals surface area contributed by atoms with Crippen LogP contribution in [0.2, 0.25) is 0 Å². The van der Waals surface area contributed by atoms with Gasteiger partial charge in [0.25, 0.3) is 0 Å². The van der Waals surface area contributed by atoms with Crippen molar-refractivity contribution in [3.63, 3.8) is 0 Å². The quantitative estimate of drug-likeness (QED) is 0.0973. The molecule has 2 aliphatic rings. The van der Waals surface area contributed by atoms with E-state index in [1.54, 1.807) is 0 Å². The highest BCUT2D eigenvalue weighted by Crippen LogP contribution is 2.19. The van der Waals surface area contributed by atoms with E-state index in [9.17, 15) is 38.4 Å². The van der Waals surface area contributed by atoms with Crippen LogP contribution >= 0.6 is 0 Å². The second kappa shape index (κ2) is 15.5. The van der Waals surface area contributed by atoms with Crippen LogP contribution in [-0.2, 0) is 38.4 Å². The topological polar surface area (TPSA) is 283 Å². The van der Waals surface area contributed by atoms with Gasteiger partial charge in [-0.2, -0.15) is 0 Å². The lowest BCUT2D eigenvalue weighted by Crippen LogP contribution is -2.56. The van der Waals surface area contributed by atoms with Crippen LogP contribution in [0.3, 0.4) is 0 Å². The minimum Gasteiger partial charge on any atom is -0.370 e. The smallest absolute Gasteiger partial charge is 0.243 e. The SMILES string of the molecule is NCC(=O)N1CCC[C@H]1C(=O)N[C@@H](CCC(N)=O)C(=O)NCC(=O)N1CCC[C@H]1C(=O)N[C@@H](CCC(N)=O)C(N)=O. The molecule has 0 aromatic heterocycles. The van der Waals surface area contributed by atoms with Gasteiger partial charge in [-0.25, -0.2) is 0 Å². The second-order valence-corrected chi connectivity index (χ2v) is 9.95. The number of nitrogens with zero attached hydrogens (tertiary/aromatic N) is 2. The molecular weight excluding hydrogens is 542 g/mol. The molecule has 0 spiro atoms. The first-order valence-corrected chi connectivity index (χ1v) is 13.4. The van der Waals surface area contributed by atoms with E-state index in [1.165, 1.54) is 9.80 Å². The summed E-state index contributed by atoms with van der Waals surface area (Å²) in [5.41, 5.74) is 21.0. The zero-order valence-electron chi connectivity index (χ0n) is 22.8.